The van der Waals surface area contributed by atoms with Crippen molar-refractivity contribution in [1.82, 2.24) is 4.90 Å². The minimum absolute atomic E-state index is 0.0600. The first-order valence-electron chi connectivity index (χ1n) is 7.28. The molecule has 0 heterocycles. The van der Waals surface area contributed by atoms with Gasteiger partial charge in [0.25, 0.3) is 0 Å². The summed E-state index contributed by atoms with van der Waals surface area (Å²) < 4.78 is 12.9. The lowest BCUT2D eigenvalue weighted by molar-refractivity contribution is -0.120. The zero-order valence-electron chi connectivity index (χ0n) is 13.1. The molecule has 2 rings (SSSR count). The Hall–Kier alpha value is -2.20. The van der Waals surface area contributed by atoms with Crippen LogP contribution < -0.4 is 5.32 Å². The molecular weight excluding hydrogens is 279 g/mol. The van der Waals surface area contributed by atoms with Crippen LogP contribution in [0.5, 0.6) is 0 Å². The number of likely N-dealkylation sites (N-methyl/N-ethyl adjacent to an activating group) is 1. The lowest BCUT2D eigenvalue weighted by atomic mass is 10.1. The number of aryl methyl sites for hydroxylation is 1. The van der Waals surface area contributed by atoms with Gasteiger partial charge in [-0.25, -0.2) is 4.39 Å². The first-order chi connectivity index (χ1) is 10.5. The second-order valence-corrected chi connectivity index (χ2v) is 5.58. The van der Waals surface area contributed by atoms with Crippen LogP contribution >= 0.6 is 0 Å². The number of nitrogens with one attached hydrogen (secondary N) is 1. The minimum atomic E-state index is -0.287. The molecule has 0 aliphatic heterocycles. The number of amides is 1. The number of rotatable bonds is 5. The fourth-order valence-electron chi connectivity index (χ4n) is 2.18. The summed E-state index contributed by atoms with van der Waals surface area (Å²) in [6, 6.07) is 13.8. The highest BCUT2D eigenvalue weighted by Gasteiger charge is 2.18. The predicted octanol–water partition coefficient (Wildman–Crippen LogP) is 3.59. The Morgan fingerprint density at radius 2 is 1.91 bits per heavy atom. The lowest BCUT2D eigenvalue weighted by Crippen LogP contribution is -2.39. The summed E-state index contributed by atoms with van der Waals surface area (Å²) in [5, 5.41) is 2.92. The Morgan fingerprint density at radius 1 is 1.23 bits per heavy atom. The van der Waals surface area contributed by atoms with Gasteiger partial charge < -0.3 is 5.32 Å². The maximum Gasteiger partial charge on any atom is 0.241 e. The van der Waals surface area contributed by atoms with Crippen LogP contribution in [0.2, 0.25) is 0 Å². The molecule has 2 aromatic rings. The van der Waals surface area contributed by atoms with Crippen molar-refractivity contribution in [2.45, 2.75) is 26.4 Å². The van der Waals surface area contributed by atoms with Gasteiger partial charge in [0.2, 0.25) is 5.91 Å². The molecule has 4 heteroatoms. The molecule has 2 aromatic carbocycles. The van der Waals surface area contributed by atoms with Crippen molar-refractivity contribution in [3.8, 4) is 0 Å². The third-order valence-corrected chi connectivity index (χ3v) is 3.67. The van der Waals surface area contributed by atoms with E-state index in [1.54, 1.807) is 12.1 Å². The number of hydrogen-bond donors (Lipinski definition) is 1. The molecule has 0 aromatic heterocycles. The first kappa shape index (κ1) is 16.2. The van der Waals surface area contributed by atoms with Gasteiger partial charge in [-0.3, -0.25) is 9.69 Å². The summed E-state index contributed by atoms with van der Waals surface area (Å²) in [7, 11) is 1.88. The average Bonchev–Trinajstić information content (AvgIpc) is 2.48. The van der Waals surface area contributed by atoms with Crippen LogP contribution in [-0.2, 0) is 11.3 Å². The molecule has 0 bridgehead atoms. The number of anilines is 1. The number of nitrogens with zero attached hydrogens (tertiary/aromatic N) is 1. The Morgan fingerprint density at radius 3 is 2.55 bits per heavy atom. The van der Waals surface area contributed by atoms with Crippen molar-refractivity contribution < 1.29 is 9.18 Å². The molecule has 3 nitrogen and oxygen atoms in total. The van der Waals surface area contributed by atoms with Crippen molar-refractivity contribution in [3.63, 3.8) is 0 Å². The molecular formula is C18H21FN2O. The van der Waals surface area contributed by atoms with E-state index >= 15 is 0 Å². The fraction of sp³-hybridized carbons (Fsp3) is 0.278. The lowest BCUT2D eigenvalue weighted by Gasteiger charge is -2.24. The van der Waals surface area contributed by atoms with E-state index in [0.29, 0.717) is 6.54 Å². The smallest absolute Gasteiger partial charge is 0.241 e. The number of carbonyl (C=O) groups excluding carboxylic acids is 1. The molecule has 0 aliphatic rings. The summed E-state index contributed by atoms with van der Waals surface area (Å²) in [5.41, 5.74) is 2.87. The summed E-state index contributed by atoms with van der Waals surface area (Å²) in [6.07, 6.45) is 0. The SMILES string of the molecule is Cc1cccc(NC(=O)[C@@H](C)N(C)Cc2ccc(F)cc2)c1. The molecule has 1 atom stereocenters. The van der Waals surface area contributed by atoms with E-state index in [9.17, 15) is 9.18 Å². The number of benzene rings is 2. The fourth-order valence-corrected chi connectivity index (χ4v) is 2.18. The topological polar surface area (TPSA) is 32.3 Å². The minimum Gasteiger partial charge on any atom is -0.325 e. The number of hydrogen-bond acceptors (Lipinski definition) is 2. The predicted molar refractivity (Wildman–Crippen MR) is 87.1 cm³/mol. The maximum atomic E-state index is 12.9. The summed E-state index contributed by atoms with van der Waals surface area (Å²) in [5.74, 6) is -0.313. The van der Waals surface area contributed by atoms with Gasteiger partial charge in [0.15, 0.2) is 0 Å². The van der Waals surface area contributed by atoms with Crippen molar-refractivity contribution in [2.75, 3.05) is 12.4 Å². The summed E-state index contributed by atoms with van der Waals surface area (Å²) in [4.78, 5) is 14.2. The van der Waals surface area contributed by atoms with Gasteiger partial charge in [0, 0.05) is 12.2 Å². The van der Waals surface area contributed by atoms with Gasteiger partial charge in [-0.15, -0.1) is 0 Å². The van der Waals surface area contributed by atoms with Crippen LogP contribution in [0, 0.1) is 12.7 Å². The number of halogens is 1. The van der Waals surface area contributed by atoms with Crippen molar-refractivity contribution in [3.05, 3.63) is 65.5 Å². The highest BCUT2D eigenvalue weighted by atomic mass is 19.1. The Kier molecular flexibility index (Phi) is 5.28. The van der Waals surface area contributed by atoms with Crippen molar-refractivity contribution in [2.24, 2.45) is 0 Å². The molecule has 0 radical (unpaired) electrons. The van der Waals surface area contributed by atoms with Gasteiger partial charge in [-0.2, -0.15) is 0 Å². The van der Waals surface area contributed by atoms with E-state index in [-0.39, 0.29) is 17.8 Å². The molecule has 22 heavy (non-hydrogen) atoms. The van der Waals surface area contributed by atoms with Crippen LogP contribution in [0.3, 0.4) is 0 Å². The monoisotopic (exact) mass is 300 g/mol. The molecule has 0 saturated carbocycles. The van der Waals surface area contributed by atoms with Crippen LogP contribution in [0.25, 0.3) is 0 Å². The largest absolute Gasteiger partial charge is 0.325 e. The van der Waals surface area contributed by atoms with E-state index in [0.717, 1.165) is 16.8 Å². The van der Waals surface area contributed by atoms with E-state index in [2.05, 4.69) is 5.32 Å². The first-order valence-corrected chi connectivity index (χ1v) is 7.28. The molecule has 0 unspecified atom stereocenters. The Bertz CT molecular complexity index is 640. The second-order valence-electron chi connectivity index (χ2n) is 5.58. The van der Waals surface area contributed by atoms with E-state index in [1.165, 1.54) is 12.1 Å². The van der Waals surface area contributed by atoms with Gasteiger partial charge in [-0.05, 0) is 56.3 Å². The van der Waals surface area contributed by atoms with Gasteiger partial charge in [0.05, 0.1) is 6.04 Å². The van der Waals surface area contributed by atoms with E-state index in [1.807, 2.05) is 50.1 Å². The van der Waals surface area contributed by atoms with E-state index in [4.69, 9.17) is 0 Å². The standard InChI is InChI=1S/C18H21FN2O/c1-13-5-4-6-17(11-13)20-18(22)14(2)21(3)12-15-7-9-16(19)10-8-15/h4-11,14H,12H2,1-3H3,(H,20,22)/t14-/m1/s1. The van der Waals surface area contributed by atoms with Gasteiger partial charge >= 0.3 is 0 Å². The van der Waals surface area contributed by atoms with E-state index < -0.39 is 0 Å². The second kappa shape index (κ2) is 7.18. The molecule has 0 saturated heterocycles. The van der Waals surface area contributed by atoms with Crippen LogP contribution in [0.15, 0.2) is 48.5 Å². The van der Waals surface area contributed by atoms with Gasteiger partial charge in [0.1, 0.15) is 5.82 Å². The zero-order valence-corrected chi connectivity index (χ0v) is 13.1. The third-order valence-electron chi connectivity index (χ3n) is 3.67. The van der Waals surface area contributed by atoms with Crippen LogP contribution in [0.4, 0.5) is 10.1 Å². The molecule has 0 fully saturated rings. The highest BCUT2D eigenvalue weighted by Crippen LogP contribution is 2.12. The van der Waals surface area contributed by atoms with Crippen molar-refractivity contribution >= 4 is 11.6 Å². The summed E-state index contributed by atoms with van der Waals surface area (Å²) >= 11 is 0. The average molecular weight is 300 g/mol. The molecule has 1 amide bonds. The Balaban J connectivity index is 1.95. The zero-order chi connectivity index (χ0) is 16.1. The molecule has 1 N–H and O–H groups in total. The quantitative estimate of drug-likeness (QED) is 0.915. The maximum absolute atomic E-state index is 12.9. The van der Waals surface area contributed by atoms with Gasteiger partial charge in [-0.1, -0.05) is 24.3 Å². The van der Waals surface area contributed by atoms with Crippen molar-refractivity contribution in [1.29, 1.82) is 0 Å². The summed E-state index contributed by atoms with van der Waals surface area (Å²) in [6.45, 7) is 4.43. The highest BCUT2D eigenvalue weighted by molar-refractivity contribution is 5.94. The molecule has 0 aliphatic carbocycles. The normalized spacial score (nSPS) is 12.2. The third kappa shape index (κ3) is 4.40. The number of carbonyl (C=O) groups is 1. The van der Waals surface area contributed by atoms with Crippen LogP contribution in [0.1, 0.15) is 18.1 Å². The molecule has 116 valence electrons. The van der Waals surface area contributed by atoms with Crippen LogP contribution in [-0.4, -0.2) is 23.9 Å². The molecule has 0 spiro atoms. The Labute approximate surface area is 130 Å².